The zero-order valence-corrected chi connectivity index (χ0v) is 16.4. The van der Waals surface area contributed by atoms with Crippen molar-refractivity contribution in [3.8, 4) is 0 Å². The minimum atomic E-state index is -0.373. The van der Waals surface area contributed by atoms with Crippen molar-refractivity contribution in [1.82, 2.24) is 4.98 Å². The van der Waals surface area contributed by atoms with Crippen molar-refractivity contribution in [1.29, 1.82) is 0 Å². The van der Waals surface area contributed by atoms with Crippen LogP contribution in [0.1, 0.15) is 24.8 Å². The number of aromatic nitrogens is 1. The van der Waals surface area contributed by atoms with E-state index in [1.54, 1.807) is 23.2 Å². The van der Waals surface area contributed by atoms with E-state index in [-0.39, 0.29) is 17.9 Å². The Hall–Kier alpha value is -3.41. The molecule has 3 amide bonds. The summed E-state index contributed by atoms with van der Waals surface area (Å²) in [6.07, 6.45) is 10.8. The van der Waals surface area contributed by atoms with Crippen LogP contribution in [0.3, 0.4) is 0 Å². The summed E-state index contributed by atoms with van der Waals surface area (Å²) >= 11 is 0. The standard InChI is InChI=1S/C23H24N4O2/c1-16-7-9-19(10-8-16)25-23(29)26-21-14-20(11-12-24-21)27-15-18(13-22(27)28)17-5-3-2-4-6-17/h3,5-12,14,18H,2,4,13,15H2,1H3,(H2,24,25,26,29). The van der Waals surface area contributed by atoms with Crippen LogP contribution in [0, 0.1) is 12.8 Å². The molecule has 6 heteroatoms. The van der Waals surface area contributed by atoms with Gasteiger partial charge in [0.25, 0.3) is 0 Å². The molecule has 1 aliphatic carbocycles. The number of urea groups is 1. The van der Waals surface area contributed by atoms with E-state index in [0.29, 0.717) is 24.5 Å². The monoisotopic (exact) mass is 388 g/mol. The normalized spacial score (nSPS) is 18.5. The van der Waals surface area contributed by atoms with E-state index in [1.165, 1.54) is 5.57 Å². The van der Waals surface area contributed by atoms with Crippen LogP contribution in [0.4, 0.5) is 22.0 Å². The molecule has 1 atom stereocenters. The van der Waals surface area contributed by atoms with Crippen molar-refractivity contribution in [2.75, 3.05) is 22.1 Å². The molecule has 1 aromatic carbocycles. The third-order valence-corrected chi connectivity index (χ3v) is 5.23. The van der Waals surface area contributed by atoms with Crippen LogP contribution < -0.4 is 15.5 Å². The second kappa shape index (κ2) is 8.31. The van der Waals surface area contributed by atoms with Crippen molar-refractivity contribution in [3.05, 3.63) is 72.0 Å². The van der Waals surface area contributed by atoms with Gasteiger partial charge >= 0.3 is 6.03 Å². The fourth-order valence-corrected chi connectivity index (χ4v) is 3.69. The number of nitrogens with zero attached hydrogens (tertiary/aromatic N) is 2. The van der Waals surface area contributed by atoms with Gasteiger partial charge in [0.05, 0.1) is 0 Å². The van der Waals surface area contributed by atoms with Crippen LogP contribution in [0.25, 0.3) is 0 Å². The number of aryl methyl sites for hydroxylation is 1. The number of hydrogen-bond donors (Lipinski definition) is 2. The quantitative estimate of drug-likeness (QED) is 0.800. The lowest BCUT2D eigenvalue weighted by molar-refractivity contribution is -0.117. The number of carbonyl (C=O) groups excluding carboxylic acids is 2. The summed E-state index contributed by atoms with van der Waals surface area (Å²) in [5, 5.41) is 5.52. The average molecular weight is 388 g/mol. The molecule has 1 unspecified atom stereocenters. The number of nitrogens with one attached hydrogen (secondary N) is 2. The summed E-state index contributed by atoms with van der Waals surface area (Å²) in [6, 6.07) is 10.7. The van der Waals surface area contributed by atoms with E-state index in [2.05, 4.69) is 33.8 Å². The first kappa shape index (κ1) is 18.9. The first-order valence-electron chi connectivity index (χ1n) is 9.86. The predicted molar refractivity (Wildman–Crippen MR) is 115 cm³/mol. The predicted octanol–water partition coefficient (Wildman–Crippen LogP) is 4.66. The molecule has 29 heavy (non-hydrogen) atoms. The highest BCUT2D eigenvalue weighted by Gasteiger charge is 2.32. The summed E-state index contributed by atoms with van der Waals surface area (Å²) < 4.78 is 0. The lowest BCUT2D eigenvalue weighted by atomic mass is 9.93. The average Bonchev–Trinajstić information content (AvgIpc) is 3.12. The summed E-state index contributed by atoms with van der Waals surface area (Å²) in [4.78, 5) is 30.8. The van der Waals surface area contributed by atoms with Crippen LogP contribution >= 0.6 is 0 Å². The molecule has 6 nitrogen and oxygen atoms in total. The summed E-state index contributed by atoms with van der Waals surface area (Å²) in [5.41, 5.74) is 3.82. The van der Waals surface area contributed by atoms with Crippen molar-refractivity contribution < 1.29 is 9.59 Å². The first-order chi connectivity index (χ1) is 14.1. The number of anilines is 3. The van der Waals surface area contributed by atoms with Gasteiger partial charge in [-0.15, -0.1) is 0 Å². The summed E-state index contributed by atoms with van der Waals surface area (Å²) in [6.45, 7) is 2.64. The molecule has 4 rings (SSSR count). The van der Waals surface area contributed by atoms with Crippen molar-refractivity contribution in [2.45, 2.75) is 26.2 Å². The zero-order chi connectivity index (χ0) is 20.2. The molecule has 0 spiro atoms. The topological polar surface area (TPSA) is 74.3 Å². The molecule has 1 aromatic heterocycles. The number of allylic oxidation sites excluding steroid dienone is 3. The molecule has 0 bridgehead atoms. The maximum absolute atomic E-state index is 12.6. The Kier molecular flexibility index (Phi) is 5.42. The second-order valence-electron chi connectivity index (χ2n) is 7.43. The van der Waals surface area contributed by atoms with E-state index in [4.69, 9.17) is 0 Å². The van der Waals surface area contributed by atoms with Crippen molar-refractivity contribution >= 4 is 29.1 Å². The molecule has 1 saturated heterocycles. The number of rotatable bonds is 4. The highest BCUT2D eigenvalue weighted by atomic mass is 16.2. The second-order valence-corrected chi connectivity index (χ2v) is 7.43. The smallest absolute Gasteiger partial charge is 0.312 e. The Bertz CT molecular complexity index is 979. The van der Waals surface area contributed by atoms with Crippen LogP contribution in [-0.4, -0.2) is 23.5 Å². The fourth-order valence-electron chi connectivity index (χ4n) is 3.69. The van der Waals surface area contributed by atoms with Gasteiger partial charge in [-0.05, 0) is 43.5 Å². The molecule has 2 aliphatic rings. The summed E-state index contributed by atoms with van der Waals surface area (Å²) in [5.74, 6) is 0.713. The maximum atomic E-state index is 12.6. The number of pyridine rings is 1. The molecule has 148 valence electrons. The van der Waals surface area contributed by atoms with Gasteiger partial charge in [-0.1, -0.05) is 35.9 Å². The van der Waals surface area contributed by atoms with Crippen LogP contribution in [-0.2, 0) is 4.79 Å². The minimum absolute atomic E-state index is 0.0936. The Labute approximate surface area is 170 Å². The van der Waals surface area contributed by atoms with Gasteiger partial charge in [-0.2, -0.15) is 0 Å². The number of hydrogen-bond acceptors (Lipinski definition) is 3. The van der Waals surface area contributed by atoms with Crippen molar-refractivity contribution in [2.24, 2.45) is 5.92 Å². The molecule has 0 radical (unpaired) electrons. The van der Waals surface area contributed by atoms with Gasteiger partial charge < -0.3 is 10.2 Å². The van der Waals surface area contributed by atoms with Crippen LogP contribution in [0.2, 0.25) is 0 Å². The highest BCUT2D eigenvalue weighted by molar-refractivity contribution is 6.00. The minimum Gasteiger partial charge on any atom is -0.312 e. The third kappa shape index (κ3) is 4.54. The van der Waals surface area contributed by atoms with Crippen LogP contribution in [0.5, 0.6) is 0 Å². The molecule has 1 fully saturated rings. The highest BCUT2D eigenvalue weighted by Crippen LogP contribution is 2.32. The van der Waals surface area contributed by atoms with E-state index < -0.39 is 0 Å². The van der Waals surface area contributed by atoms with Gasteiger partial charge in [0.1, 0.15) is 5.82 Å². The van der Waals surface area contributed by atoms with Gasteiger partial charge in [0.2, 0.25) is 5.91 Å². The molecule has 2 heterocycles. The summed E-state index contributed by atoms with van der Waals surface area (Å²) in [7, 11) is 0. The molecule has 2 N–H and O–H groups in total. The Morgan fingerprint density at radius 1 is 1.14 bits per heavy atom. The number of benzene rings is 1. The largest absolute Gasteiger partial charge is 0.324 e. The molecule has 0 saturated carbocycles. The Balaban J connectivity index is 1.42. The lowest BCUT2D eigenvalue weighted by Gasteiger charge is -2.18. The van der Waals surface area contributed by atoms with Gasteiger partial charge in [-0.25, -0.2) is 9.78 Å². The van der Waals surface area contributed by atoms with Gasteiger partial charge in [0.15, 0.2) is 0 Å². The SMILES string of the molecule is Cc1ccc(NC(=O)Nc2cc(N3CC(C4=CCCC=C4)CC3=O)ccn2)cc1. The molecule has 1 aliphatic heterocycles. The van der Waals surface area contributed by atoms with E-state index in [9.17, 15) is 9.59 Å². The van der Waals surface area contributed by atoms with Crippen molar-refractivity contribution in [3.63, 3.8) is 0 Å². The maximum Gasteiger partial charge on any atom is 0.324 e. The molecule has 2 aromatic rings. The Morgan fingerprint density at radius 2 is 1.97 bits per heavy atom. The third-order valence-electron chi connectivity index (χ3n) is 5.23. The van der Waals surface area contributed by atoms with E-state index >= 15 is 0 Å². The lowest BCUT2D eigenvalue weighted by Crippen LogP contribution is -2.25. The van der Waals surface area contributed by atoms with Gasteiger partial charge in [-0.3, -0.25) is 10.1 Å². The molecular formula is C23H24N4O2. The van der Waals surface area contributed by atoms with E-state index in [1.807, 2.05) is 31.2 Å². The van der Waals surface area contributed by atoms with Gasteiger partial charge in [0, 0.05) is 42.5 Å². The molecular weight excluding hydrogens is 364 g/mol. The van der Waals surface area contributed by atoms with Crippen LogP contribution in [0.15, 0.2) is 66.4 Å². The Morgan fingerprint density at radius 3 is 2.72 bits per heavy atom. The van der Waals surface area contributed by atoms with E-state index in [0.717, 1.165) is 24.1 Å². The number of amides is 3. The zero-order valence-electron chi connectivity index (χ0n) is 16.4. The number of carbonyl (C=O) groups is 2. The fraction of sp³-hybridized carbons (Fsp3) is 0.261. The first-order valence-corrected chi connectivity index (χ1v) is 9.86.